The van der Waals surface area contributed by atoms with Gasteiger partial charge in [0.2, 0.25) is 5.91 Å². The van der Waals surface area contributed by atoms with Crippen LogP contribution in [0, 0.1) is 5.82 Å². The highest BCUT2D eigenvalue weighted by Gasteiger charge is 2.39. The monoisotopic (exact) mass is 421 g/mol. The van der Waals surface area contributed by atoms with Crippen molar-refractivity contribution in [1.82, 2.24) is 10.2 Å². The van der Waals surface area contributed by atoms with Gasteiger partial charge in [0, 0.05) is 16.8 Å². The molecule has 6 heteroatoms. The molecule has 3 aromatic rings. The fourth-order valence-electron chi connectivity index (χ4n) is 4.23. The second-order valence-electron chi connectivity index (χ2n) is 8.26. The lowest BCUT2D eigenvalue weighted by Crippen LogP contribution is -2.52. The van der Waals surface area contributed by atoms with Gasteiger partial charge in [-0.15, -0.1) is 10.2 Å². The number of carbonyl (C=O) groups excluding carboxylic acids is 1. The van der Waals surface area contributed by atoms with Gasteiger partial charge in [-0.2, -0.15) is 0 Å². The van der Waals surface area contributed by atoms with Crippen LogP contribution in [0.15, 0.2) is 65.7 Å². The van der Waals surface area contributed by atoms with Crippen LogP contribution < -0.4 is 4.90 Å². The lowest BCUT2D eigenvalue weighted by Gasteiger charge is -2.46. The van der Waals surface area contributed by atoms with Crippen LogP contribution in [0.25, 0.3) is 11.3 Å². The molecule has 4 nitrogen and oxygen atoms in total. The molecule has 4 rings (SSSR count). The predicted octanol–water partition coefficient (Wildman–Crippen LogP) is 5.69. The van der Waals surface area contributed by atoms with E-state index in [0.717, 1.165) is 17.7 Å². The number of benzene rings is 2. The Morgan fingerprint density at radius 1 is 1.10 bits per heavy atom. The number of amides is 1. The summed E-state index contributed by atoms with van der Waals surface area (Å²) >= 11 is 1.38. The first-order valence-corrected chi connectivity index (χ1v) is 11.0. The second kappa shape index (κ2) is 8.19. The number of halogens is 1. The molecule has 0 fully saturated rings. The molecule has 0 saturated carbocycles. The Balaban J connectivity index is 1.48. The van der Waals surface area contributed by atoms with Crippen LogP contribution in [0.1, 0.15) is 38.7 Å². The van der Waals surface area contributed by atoms with Gasteiger partial charge in [-0.3, -0.25) is 4.79 Å². The minimum absolute atomic E-state index is 0.0637. The first-order valence-electron chi connectivity index (χ1n) is 9.99. The topological polar surface area (TPSA) is 46.1 Å². The highest BCUT2D eigenvalue weighted by atomic mass is 32.2. The maximum Gasteiger partial charge on any atom is 0.237 e. The molecule has 154 valence electrons. The van der Waals surface area contributed by atoms with Gasteiger partial charge in [0.1, 0.15) is 10.8 Å². The van der Waals surface area contributed by atoms with E-state index in [4.69, 9.17) is 0 Å². The Morgan fingerprint density at radius 3 is 2.53 bits per heavy atom. The largest absolute Gasteiger partial charge is 0.306 e. The third kappa shape index (κ3) is 4.10. The summed E-state index contributed by atoms with van der Waals surface area (Å²) in [5, 5.41) is 9.15. The fraction of sp³-hybridized carbons (Fsp3) is 0.292. The van der Waals surface area contributed by atoms with Crippen molar-refractivity contribution in [2.75, 3.05) is 10.7 Å². The molecular weight excluding hydrogens is 397 g/mol. The highest BCUT2D eigenvalue weighted by Crippen LogP contribution is 2.43. The van der Waals surface area contributed by atoms with E-state index in [9.17, 15) is 9.18 Å². The molecule has 1 atom stereocenters. The van der Waals surface area contributed by atoms with Crippen molar-refractivity contribution in [3.05, 3.63) is 72.0 Å². The van der Waals surface area contributed by atoms with Crippen LogP contribution in [-0.4, -0.2) is 27.4 Å². The Bertz CT molecular complexity index is 1050. The lowest BCUT2D eigenvalue weighted by atomic mass is 9.80. The predicted molar refractivity (Wildman–Crippen MR) is 119 cm³/mol. The number of hydrogen-bond acceptors (Lipinski definition) is 4. The maximum atomic E-state index is 13.2. The average Bonchev–Trinajstić information content (AvgIpc) is 2.73. The Kier molecular flexibility index (Phi) is 5.60. The number of carbonyl (C=O) groups is 1. The van der Waals surface area contributed by atoms with E-state index < -0.39 is 0 Å². The van der Waals surface area contributed by atoms with Crippen LogP contribution in [0.3, 0.4) is 0 Å². The van der Waals surface area contributed by atoms with Gasteiger partial charge in [0.15, 0.2) is 0 Å². The molecule has 0 saturated heterocycles. The molecule has 1 amide bonds. The van der Waals surface area contributed by atoms with E-state index in [2.05, 4.69) is 37.0 Å². The van der Waals surface area contributed by atoms with Crippen LogP contribution in [0.2, 0.25) is 0 Å². The van der Waals surface area contributed by atoms with Gasteiger partial charge < -0.3 is 4.90 Å². The summed E-state index contributed by atoms with van der Waals surface area (Å²) < 4.78 is 13.1. The zero-order valence-electron chi connectivity index (χ0n) is 17.3. The van der Waals surface area contributed by atoms with Crippen molar-refractivity contribution in [2.45, 2.75) is 43.7 Å². The molecule has 1 aromatic heterocycles. The van der Waals surface area contributed by atoms with E-state index >= 15 is 0 Å². The quantitative estimate of drug-likeness (QED) is 0.508. The maximum absolute atomic E-state index is 13.2. The van der Waals surface area contributed by atoms with Crippen molar-refractivity contribution in [3.63, 3.8) is 0 Å². The molecule has 0 spiro atoms. The average molecular weight is 422 g/mol. The van der Waals surface area contributed by atoms with Gasteiger partial charge in [0.25, 0.3) is 0 Å². The van der Waals surface area contributed by atoms with E-state index in [-0.39, 0.29) is 23.0 Å². The van der Waals surface area contributed by atoms with Crippen molar-refractivity contribution in [2.24, 2.45) is 0 Å². The molecule has 0 unspecified atom stereocenters. The molecule has 2 aromatic carbocycles. The molecule has 0 aliphatic carbocycles. The number of fused-ring (bicyclic) bond motifs is 1. The molecule has 0 N–H and O–H groups in total. The first-order chi connectivity index (χ1) is 14.3. The normalized spacial score (nSPS) is 17.5. The number of para-hydroxylation sites is 1. The number of hydrogen-bond donors (Lipinski definition) is 0. The van der Waals surface area contributed by atoms with E-state index in [1.807, 2.05) is 35.2 Å². The molecule has 1 aliphatic rings. The number of anilines is 1. The minimum atomic E-state index is -0.283. The summed E-state index contributed by atoms with van der Waals surface area (Å²) in [6.07, 6.45) is 0.923. The van der Waals surface area contributed by atoms with Crippen molar-refractivity contribution < 1.29 is 9.18 Å². The van der Waals surface area contributed by atoms with Crippen molar-refractivity contribution >= 4 is 23.4 Å². The minimum Gasteiger partial charge on any atom is -0.306 e. The molecule has 1 aliphatic heterocycles. The summed E-state index contributed by atoms with van der Waals surface area (Å²) in [4.78, 5) is 15.1. The highest BCUT2D eigenvalue weighted by molar-refractivity contribution is 7.99. The molecule has 2 heterocycles. The van der Waals surface area contributed by atoms with Crippen molar-refractivity contribution in [3.8, 4) is 11.3 Å². The summed E-state index contributed by atoms with van der Waals surface area (Å²) in [5.74, 6) is 0.483. The van der Waals surface area contributed by atoms with Gasteiger partial charge in [0.05, 0.1) is 11.4 Å². The van der Waals surface area contributed by atoms with Gasteiger partial charge in [-0.25, -0.2) is 4.39 Å². The molecule has 30 heavy (non-hydrogen) atoms. The fourth-order valence-corrected chi connectivity index (χ4v) is 4.89. The van der Waals surface area contributed by atoms with Gasteiger partial charge >= 0.3 is 0 Å². The van der Waals surface area contributed by atoms with Gasteiger partial charge in [-0.05, 0) is 74.2 Å². The smallest absolute Gasteiger partial charge is 0.237 e. The van der Waals surface area contributed by atoms with Crippen LogP contribution in [-0.2, 0) is 4.79 Å². The SMILES string of the molecule is C[C@H]1CC(C)(C)N(C(=O)CSc2ccc(-c3ccc(F)cc3)nn2)c2ccccc21. The zero-order chi connectivity index (χ0) is 21.3. The standard InChI is InChI=1S/C24H24FN3OS/c1-16-14-24(2,3)28(21-7-5-4-6-19(16)21)23(29)15-30-22-13-12-20(26-27-22)17-8-10-18(25)11-9-17/h4-13,16H,14-15H2,1-3H3/t16-/m0/s1. The molecule has 0 bridgehead atoms. The number of aromatic nitrogens is 2. The molecule has 0 radical (unpaired) electrons. The summed E-state index contributed by atoms with van der Waals surface area (Å²) in [5.41, 5.74) is 3.45. The molecular formula is C24H24FN3OS. The lowest BCUT2D eigenvalue weighted by molar-refractivity contribution is -0.117. The first kappa shape index (κ1) is 20.5. The van der Waals surface area contributed by atoms with Crippen molar-refractivity contribution in [1.29, 1.82) is 0 Å². The van der Waals surface area contributed by atoms with E-state index in [1.165, 1.54) is 29.5 Å². The number of rotatable bonds is 4. The summed E-state index contributed by atoms with van der Waals surface area (Å²) in [6.45, 7) is 6.47. The van der Waals surface area contributed by atoms with E-state index in [1.54, 1.807) is 12.1 Å². The third-order valence-electron chi connectivity index (χ3n) is 5.49. The number of thioether (sulfide) groups is 1. The number of nitrogens with zero attached hydrogens (tertiary/aromatic N) is 3. The van der Waals surface area contributed by atoms with Crippen LogP contribution in [0.5, 0.6) is 0 Å². The Hall–Kier alpha value is -2.73. The van der Waals surface area contributed by atoms with Crippen LogP contribution in [0.4, 0.5) is 10.1 Å². The summed E-state index contributed by atoms with van der Waals surface area (Å²) in [6, 6.07) is 18.0. The van der Waals surface area contributed by atoms with Gasteiger partial charge in [-0.1, -0.05) is 36.9 Å². The zero-order valence-corrected chi connectivity index (χ0v) is 18.1. The summed E-state index contributed by atoms with van der Waals surface area (Å²) in [7, 11) is 0. The Morgan fingerprint density at radius 2 is 1.83 bits per heavy atom. The Labute approximate surface area is 180 Å². The van der Waals surface area contributed by atoms with E-state index in [0.29, 0.717) is 16.6 Å². The van der Waals surface area contributed by atoms with Crippen LogP contribution >= 0.6 is 11.8 Å². The second-order valence-corrected chi connectivity index (χ2v) is 9.25. The third-order valence-corrected chi connectivity index (χ3v) is 6.40.